The standard InChI is InChI=1S/C12H17F3N4O/c1-7-5-9(12(13,14)15)18-10(17-7)6-16-11(20)8(2)19(3)4/h5,8H,6H2,1-4H3,(H,16,20). The van der Waals surface area contributed by atoms with Gasteiger partial charge in [0.25, 0.3) is 0 Å². The Morgan fingerprint density at radius 3 is 2.50 bits per heavy atom. The van der Waals surface area contributed by atoms with E-state index in [9.17, 15) is 18.0 Å². The molecule has 1 heterocycles. The van der Waals surface area contributed by atoms with Crippen molar-refractivity contribution < 1.29 is 18.0 Å². The van der Waals surface area contributed by atoms with Crippen molar-refractivity contribution >= 4 is 5.91 Å². The Bertz CT molecular complexity index is 488. The van der Waals surface area contributed by atoms with Crippen LogP contribution in [-0.2, 0) is 17.5 Å². The lowest BCUT2D eigenvalue weighted by Crippen LogP contribution is -2.41. The van der Waals surface area contributed by atoms with Crippen molar-refractivity contribution in [3.63, 3.8) is 0 Å². The average Bonchev–Trinajstić information content (AvgIpc) is 2.33. The summed E-state index contributed by atoms with van der Waals surface area (Å²) in [5.74, 6) is -0.356. The molecule has 1 aromatic heterocycles. The number of hydrogen-bond donors (Lipinski definition) is 1. The molecule has 0 bridgehead atoms. The van der Waals surface area contributed by atoms with E-state index in [1.807, 2.05) is 0 Å². The van der Waals surface area contributed by atoms with Crippen molar-refractivity contribution in [2.75, 3.05) is 14.1 Å². The van der Waals surface area contributed by atoms with Gasteiger partial charge in [0.1, 0.15) is 11.5 Å². The first-order chi connectivity index (χ1) is 9.11. The largest absolute Gasteiger partial charge is 0.433 e. The van der Waals surface area contributed by atoms with E-state index in [2.05, 4.69) is 15.3 Å². The fraction of sp³-hybridized carbons (Fsp3) is 0.583. The van der Waals surface area contributed by atoms with Crippen LogP contribution in [-0.4, -0.2) is 40.9 Å². The number of nitrogens with one attached hydrogen (secondary N) is 1. The summed E-state index contributed by atoms with van der Waals surface area (Å²) >= 11 is 0. The molecule has 0 spiro atoms. The van der Waals surface area contributed by atoms with Gasteiger partial charge in [0.05, 0.1) is 12.6 Å². The summed E-state index contributed by atoms with van der Waals surface area (Å²) in [5.41, 5.74) is -0.799. The van der Waals surface area contributed by atoms with Crippen LogP contribution < -0.4 is 5.32 Å². The molecule has 112 valence electrons. The first kappa shape index (κ1) is 16.4. The summed E-state index contributed by atoms with van der Waals surface area (Å²) in [7, 11) is 3.46. The van der Waals surface area contributed by atoms with Crippen molar-refractivity contribution in [2.24, 2.45) is 0 Å². The van der Waals surface area contributed by atoms with Gasteiger partial charge in [0.15, 0.2) is 0 Å². The van der Waals surface area contributed by atoms with Crippen molar-refractivity contribution in [1.82, 2.24) is 20.2 Å². The van der Waals surface area contributed by atoms with Crippen LogP contribution in [0.1, 0.15) is 24.1 Å². The Morgan fingerprint density at radius 2 is 2.00 bits per heavy atom. The smallest absolute Gasteiger partial charge is 0.347 e. The normalized spacial score (nSPS) is 13.4. The minimum absolute atomic E-state index is 0.0587. The molecule has 0 aromatic carbocycles. The number of hydrogen-bond acceptors (Lipinski definition) is 4. The molecule has 5 nitrogen and oxygen atoms in total. The van der Waals surface area contributed by atoms with Crippen molar-refractivity contribution in [2.45, 2.75) is 32.6 Å². The minimum atomic E-state index is -4.52. The molecule has 0 aliphatic carbocycles. The number of aryl methyl sites for hydroxylation is 1. The van der Waals surface area contributed by atoms with E-state index in [4.69, 9.17) is 0 Å². The Labute approximate surface area is 115 Å². The summed E-state index contributed by atoms with van der Waals surface area (Å²) in [6.45, 7) is 3.00. The van der Waals surface area contributed by atoms with Crippen LogP contribution in [0.5, 0.6) is 0 Å². The molecule has 0 fully saturated rings. The maximum Gasteiger partial charge on any atom is 0.433 e. The van der Waals surface area contributed by atoms with Gasteiger partial charge in [-0.2, -0.15) is 13.2 Å². The van der Waals surface area contributed by atoms with Crippen LogP contribution in [0, 0.1) is 6.92 Å². The predicted octanol–water partition coefficient (Wildman–Crippen LogP) is 1.37. The highest BCUT2D eigenvalue weighted by Crippen LogP contribution is 2.27. The second-order valence-electron chi connectivity index (χ2n) is 4.67. The van der Waals surface area contributed by atoms with E-state index in [0.29, 0.717) is 0 Å². The molecule has 1 amide bonds. The molecule has 1 unspecified atom stereocenters. The lowest BCUT2D eigenvalue weighted by Gasteiger charge is -2.18. The van der Waals surface area contributed by atoms with Crippen molar-refractivity contribution in [3.8, 4) is 0 Å². The summed E-state index contributed by atoms with van der Waals surface area (Å²) in [6.07, 6.45) is -4.52. The van der Waals surface area contributed by atoms with E-state index < -0.39 is 11.9 Å². The molecule has 1 atom stereocenters. The lowest BCUT2D eigenvalue weighted by atomic mass is 10.3. The highest BCUT2D eigenvalue weighted by atomic mass is 19.4. The number of likely N-dealkylation sites (N-methyl/N-ethyl adjacent to an activating group) is 1. The SMILES string of the molecule is Cc1cc(C(F)(F)F)nc(CNC(=O)C(C)N(C)C)n1. The van der Waals surface area contributed by atoms with Gasteiger partial charge in [0, 0.05) is 5.69 Å². The van der Waals surface area contributed by atoms with Gasteiger partial charge in [0.2, 0.25) is 5.91 Å². The molecule has 1 aromatic rings. The molecule has 20 heavy (non-hydrogen) atoms. The third-order valence-electron chi connectivity index (χ3n) is 2.77. The number of rotatable bonds is 4. The molecule has 8 heteroatoms. The molecule has 0 aliphatic rings. The molecule has 0 aliphatic heterocycles. The van der Waals surface area contributed by atoms with Crippen molar-refractivity contribution in [1.29, 1.82) is 0 Å². The van der Waals surface area contributed by atoms with Gasteiger partial charge < -0.3 is 5.32 Å². The zero-order valence-corrected chi connectivity index (χ0v) is 11.7. The minimum Gasteiger partial charge on any atom is -0.347 e. The zero-order valence-electron chi connectivity index (χ0n) is 11.7. The quantitative estimate of drug-likeness (QED) is 0.910. The first-order valence-corrected chi connectivity index (χ1v) is 5.97. The Hall–Kier alpha value is -1.70. The monoisotopic (exact) mass is 290 g/mol. The number of alkyl halides is 3. The van der Waals surface area contributed by atoms with E-state index >= 15 is 0 Å². The van der Waals surface area contributed by atoms with Crippen LogP contribution in [0.3, 0.4) is 0 Å². The van der Waals surface area contributed by atoms with Gasteiger partial charge in [-0.15, -0.1) is 0 Å². The third kappa shape index (κ3) is 4.44. The summed E-state index contributed by atoms with van der Waals surface area (Å²) in [5, 5.41) is 2.51. The third-order valence-corrected chi connectivity index (χ3v) is 2.77. The van der Waals surface area contributed by atoms with Crippen LogP contribution in [0.15, 0.2) is 6.07 Å². The topological polar surface area (TPSA) is 58.1 Å². The van der Waals surface area contributed by atoms with Crippen LogP contribution >= 0.6 is 0 Å². The predicted molar refractivity (Wildman–Crippen MR) is 66.8 cm³/mol. The van der Waals surface area contributed by atoms with Crippen molar-refractivity contribution in [3.05, 3.63) is 23.3 Å². The average molecular weight is 290 g/mol. The summed E-state index contributed by atoms with van der Waals surface area (Å²) in [4.78, 5) is 20.7. The second-order valence-corrected chi connectivity index (χ2v) is 4.67. The fourth-order valence-electron chi connectivity index (χ4n) is 1.40. The summed E-state index contributed by atoms with van der Waals surface area (Å²) < 4.78 is 37.8. The molecule has 1 N–H and O–H groups in total. The van der Waals surface area contributed by atoms with Crippen LogP contribution in [0.2, 0.25) is 0 Å². The Kier molecular flexibility index (Phi) is 5.04. The molecule has 0 saturated carbocycles. The molecule has 0 saturated heterocycles. The number of amides is 1. The highest BCUT2D eigenvalue weighted by Gasteiger charge is 2.33. The molecule has 0 radical (unpaired) electrons. The van der Waals surface area contributed by atoms with Gasteiger partial charge in [-0.25, -0.2) is 9.97 Å². The number of carbonyl (C=O) groups excluding carboxylic acids is 1. The van der Waals surface area contributed by atoms with E-state index in [1.54, 1.807) is 25.9 Å². The van der Waals surface area contributed by atoms with Crippen LogP contribution in [0.4, 0.5) is 13.2 Å². The Morgan fingerprint density at radius 1 is 1.40 bits per heavy atom. The Balaban J connectivity index is 2.79. The second kappa shape index (κ2) is 6.17. The van der Waals surface area contributed by atoms with Crippen LogP contribution in [0.25, 0.3) is 0 Å². The maximum absolute atomic E-state index is 12.6. The van der Waals surface area contributed by atoms with E-state index in [0.717, 1.165) is 6.07 Å². The van der Waals surface area contributed by atoms with Gasteiger partial charge in [-0.3, -0.25) is 9.69 Å². The van der Waals surface area contributed by atoms with Gasteiger partial charge >= 0.3 is 6.18 Å². The maximum atomic E-state index is 12.6. The number of aromatic nitrogens is 2. The van der Waals surface area contributed by atoms with E-state index in [-0.39, 0.29) is 30.0 Å². The lowest BCUT2D eigenvalue weighted by molar-refractivity contribution is -0.141. The number of carbonyl (C=O) groups is 1. The zero-order chi connectivity index (χ0) is 15.5. The number of halogens is 3. The van der Waals surface area contributed by atoms with Gasteiger partial charge in [-0.05, 0) is 34.0 Å². The number of nitrogens with zero attached hydrogens (tertiary/aromatic N) is 3. The molecule has 1 rings (SSSR count). The molecular weight excluding hydrogens is 273 g/mol. The fourth-order valence-corrected chi connectivity index (χ4v) is 1.40. The van der Waals surface area contributed by atoms with E-state index in [1.165, 1.54) is 6.92 Å². The molecular formula is C12H17F3N4O. The highest BCUT2D eigenvalue weighted by molar-refractivity contribution is 5.81. The van der Waals surface area contributed by atoms with Gasteiger partial charge in [-0.1, -0.05) is 0 Å². The summed E-state index contributed by atoms with van der Waals surface area (Å²) in [6, 6.07) is 0.482. The first-order valence-electron chi connectivity index (χ1n) is 5.97.